The molecule has 2 heterocycles. The van der Waals surface area contributed by atoms with E-state index >= 15 is 0 Å². The zero-order valence-electron chi connectivity index (χ0n) is 14.9. The van der Waals surface area contributed by atoms with Gasteiger partial charge in [0.05, 0.1) is 0 Å². The summed E-state index contributed by atoms with van der Waals surface area (Å²) in [7, 11) is 0. The molecule has 0 aliphatic heterocycles. The second kappa shape index (κ2) is 13.9. The SMILES string of the molecule is BrC(Br)(Br)c1nc(C(Br)(Br)Br)nc(C(Br)(Br)Br)n1.Cc1nc(C(Br)(Br)Br)nc(C(Br)(Br)Br)n1. The van der Waals surface area contributed by atoms with Crippen molar-refractivity contribution in [3.8, 4) is 0 Å². The first-order valence-corrected chi connectivity index (χ1v) is 19.2. The third-order valence-corrected chi connectivity index (χ3v) is 7.97. The van der Waals surface area contributed by atoms with Crippen molar-refractivity contribution in [1.29, 1.82) is 0 Å². The van der Waals surface area contributed by atoms with Gasteiger partial charge in [0, 0.05) is 0 Å². The molecule has 0 unspecified atom stereocenters. The van der Waals surface area contributed by atoms with Gasteiger partial charge < -0.3 is 0 Å². The fourth-order valence-corrected chi connectivity index (χ4v) is 4.15. The van der Waals surface area contributed by atoms with Gasteiger partial charge in [-0.1, -0.05) is 239 Å². The molecule has 2 rings (SSSR count). The van der Waals surface area contributed by atoms with Crippen LogP contribution in [0.5, 0.6) is 0 Å². The van der Waals surface area contributed by atoms with E-state index in [2.05, 4.69) is 269 Å². The monoisotopic (exact) mass is 1410 g/mol. The van der Waals surface area contributed by atoms with Crippen molar-refractivity contribution in [2.24, 2.45) is 0 Å². The molecule has 0 aliphatic carbocycles. The number of hydrogen-bond acceptors (Lipinski definition) is 6. The largest absolute Gasteiger partial charge is 0.215 e. The molecule has 186 valence electrons. The van der Waals surface area contributed by atoms with Crippen LogP contribution in [0.4, 0.5) is 0 Å². The Kier molecular flexibility index (Phi) is 15.3. The van der Waals surface area contributed by atoms with Gasteiger partial charge in [0.15, 0.2) is 39.8 Å². The molecule has 0 spiro atoms. The summed E-state index contributed by atoms with van der Waals surface area (Å²) in [6.45, 7) is 1.80. The minimum absolute atomic E-state index is 0.452. The van der Waals surface area contributed by atoms with Crippen molar-refractivity contribution >= 4 is 239 Å². The van der Waals surface area contributed by atoms with Gasteiger partial charge in [0.1, 0.15) is 5.82 Å². The minimum Gasteiger partial charge on any atom is -0.215 e. The molecule has 0 amide bonds. The van der Waals surface area contributed by atoms with E-state index in [0.717, 1.165) is 0 Å². The van der Waals surface area contributed by atoms with Crippen molar-refractivity contribution in [2.75, 3.05) is 0 Å². The van der Waals surface area contributed by atoms with Gasteiger partial charge in [-0.15, -0.1) is 0 Å². The van der Waals surface area contributed by atoms with Crippen molar-refractivity contribution in [3.05, 3.63) is 34.9 Å². The van der Waals surface area contributed by atoms with Crippen LogP contribution in [0.3, 0.4) is 0 Å². The molecular formula is C12H3Br15N6. The quantitative estimate of drug-likeness (QED) is 0.245. The molecule has 0 fully saturated rings. The van der Waals surface area contributed by atoms with Crippen LogP contribution in [0.1, 0.15) is 34.9 Å². The number of nitrogens with zero attached hydrogens (tertiary/aromatic N) is 6. The van der Waals surface area contributed by atoms with Crippen LogP contribution in [0.15, 0.2) is 0 Å². The van der Waals surface area contributed by atoms with E-state index in [1.54, 1.807) is 6.92 Å². The van der Waals surface area contributed by atoms with E-state index in [4.69, 9.17) is 0 Å². The highest BCUT2D eigenvalue weighted by Crippen LogP contribution is 2.49. The lowest BCUT2D eigenvalue weighted by atomic mass is 10.5. The number of alkyl halides is 15. The first-order chi connectivity index (χ1) is 14.4. The van der Waals surface area contributed by atoms with Gasteiger partial charge in [-0.25, -0.2) is 29.9 Å². The summed E-state index contributed by atoms with van der Waals surface area (Å²) in [6.07, 6.45) is 0. The van der Waals surface area contributed by atoms with Crippen LogP contribution >= 0.6 is 239 Å². The highest BCUT2D eigenvalue weighted by molar-refractivity contribution is 9.40. The predicted octanol–water partition coefficient (Wildman–Crippen LogP) is 11.5. The highest BCUT2D eigenvalue weighted by Gasteiger charge is 2.36. The Labute approximate surface area is 315 Å². The van der Waals surface area contributed by atoms with Crippen molar-refractivity contribution < 1.29 is 0 Å². The lowest BCUT2D eigenvalue weighted by Gasteiger charge is -2.19. The molecule has 0 radical (unpaired) electrons. The van der Waals surface area contributed by atoms with Gasteiger partial charge in [-0.05, 0) is 6.92 Å². The van der Waals surface area contributed by atoms with E-state index in [1.165, 1.54) is 0 Å². The molecule has 0 N–H and O–H groups in total. The van der Waals surface area contributed by atoms with Crippen molar-refractivity contribution in [3.63, 3.8) is 0 Å². The molecular weight excluding hydrogens is 1430 g/mol. The van der Waals surface area contributed by atoms with Crippen LogP contribution in [-0.4, -0.2) is 29.9 Å². The number of aryl methyl sites for hydroxylation is 1. The third-order valence-electron chi connectivity index (χ3n) is 2.65. The number of aromatic nitrogens is 6. The van der Waals surface area contributed by atoms with Crippen LogP contribution in [0.2, 0.25) is 0 Å². The first kappa shape index (κ1) is 36.2. The molecule has 2 aromatic heterocycles. The van der Waals surface area contributed by atoms with E-state index in [1.807, 2.05) is 0 Å². The second-order valence-electron chi connectivity index (χ2n) is 5.32. The molecule has 0 aliphatic rings. The average molecular weight is 1430 g/mol. The Morgan fingerprint density at radius 2 is 0.485 bits per heavy atom. The highest BCUT2D eigenvalue weighted by atomic mass is 80.0. The van der Waals surface area contributed by atoms with Gasteiger partial charge in [-0.3, -0.25) is 0 Å². The van der Waals surface area contributed by atoms with E-state index in [9.17, 15) is 0 Å². The lowest BCUT2D eigenvalue weighted by molar-refractivity contribution is 0.834. The summed E-state index contributed by atoms with van der Waals surface area (Å²) in [5, 5.41) is 0. The molecule has 2 aromatic rings. The Bertz CT molecular complexity index is 859. The Morgan fingerprint density at radius 1 is 0.333 bits per heavy atom. The van der Waals surface area contributed by atoms with E-state index in [0.29, 0.717) is 34.9 Å². The maximum absolute atomic E-state index is 4.32. The van der Waals surface area contributed by atoms with Gasteiger partial charge in [0.25, 0.3) is 0 Å². The number of hydrogen-bond donors (Lipinski definition) is 0. The molecule has 0 saturated heterocycles. The Morgan fingerprint density at radius 3 is 0.636 bits per heavy atom. The maximum atomic E-state index is 4.32. The van der Waals surface area contributed by atoms with Crippen LogP contribution in [-0.2, 0) is 10.7 Å². The molecule has 6 nitrogen and oxygen atoms in total. The van der Waals surface area contributed by atoms with Gasteiger partial charge >= 0.3 is 0 Å². The summed E-state index contributed by atoms with van der Waals surface area (Å²) in [5.74, 6) is 3.05. The first-order valence-electron chi connectivity index (χ1n) is 7.27. The summed E-state index contributed by atoms with van der Waals surface area (Å²) in [6, 6.07) is 0. The van der Waals surface area contributed by atoms with Crippen LogP contribution in [0.25, 0.3) is 0 Å². The standard InChI is InChI=1S/C6Br9N3.C6H3Br6N3/c7-4(8,9)1-16-2(5(10,11)12)18-3(17-1)6(13,14)15;1-2-13-3(5(7,8)9)15-4(14-2)6(10,11)12/h;1H3. The second-order valence-corrected chi connectivity index (χ2v) is 39.1. The molecule has 0 saturated carbocycles. The van der Waals surface area contributed by atoms with Gasteiger partial charge in [-0.2, -0.15) is 0 Å². The average Bonchev–Trinajstić information content (AvgIpc) is 2.57. The minimum atomic E-state index is -0.740. The third kappa shape index (κ3) is 13.2. The smallest absolute Gasteiger partial charge is 0.194 e. The Balaban J connectivity index is 0.000000335. The Hall–Kier alpha value is 5.22. The zero-order valence-corrected chi connectivity index (χ0v) is 38.6. The maximum Gasteiger partial charge on any atom is 0.194 e. The topological polar surface area (TPSA) is 77.3 Å². The summed E-state index contributed by atoms with van der Waals surface area (Å²) in [4.78, 5) is 25.6. The predicted molar refractivity (Wildman–Crippen MR) is 187 cm³/mol. The van der Waals surface area contributed by atoms with Crippen LogP contribution in [0, 0.1) is 6.92 Å². The lowest BCUT2D eigenvalue weighted by Crippen LogP contribution is -2.19. The van der Waals surface area contributed by atoms with Crippen molar-refractivity contribution in [1.82, 2.24) is 29.9 Å². The summed E-state index contributed by atoms with van der Waals surface area (Å²) in [5.41, 5.74) is 0. The number of halogens is 15. The van der Waals surface area contributed by atoms with Crippen LogP contribution < -0.4 is 0 Å². The molecule has 33 heavy (non-hydrogen) atoms. The normalized spacial score (nSPS) is 13.5. The molecule has 21 heteroatoms. The fraction of sp³-hybridized carbons (Fsp3) is 0.500. The van der Waals surface area contributed by atoms with Gasteiger partial charge in [0.2, 0.25) is 0 Å². The molecule has 0 bridgehead atoms. The van der Waals surface area contributed by atoms with E-state index < -0.39 is 10.7 Å². The van der Waals surface area contributed by atoms with E-state index in [-0.39, 0.29) is 0 Å². The zero-order chi connectivity index (χ0) is 26.2. The fourth-order valence-electron chi connectivity index (χ4n) is 1.49. The molecule has 0 aromatic carbocycles. The summed E-state index contributed by atoms with van der Waals surface area (Å²) >= 11 is 50.5. The van der Waals surface area contributed by atoms with Crippen molar-refractivity contribution in [2.45, 2.75) is 17.6 Å². The molecule has 0 atom stereocenters. The summed E-state index contributed by atoms with van der Waals surface area (Å²) < 4.78 is -3.51. The number of rotatable bonds is 0.